The van der Waals surface area contributed by atoms with Crippen molar-refractivity contribution in [3.8, 4) is 22.4 Å². The lowest BCUT2D eigenvalue weighted by Crippen LogP contribution is -2.28. The van der Waals surface area contributed by atoms with Gasteiger partial charge in [-0.2, -0.15) is 4.57 Å². The van der Waals surface area contributed by atoms with Gasteiger partial charge in [0.25, 0.3) is 0 Å². The summed E-state index contributed by atoms with van der Waals surface area (Å²) in [6, 6.07) is 21.4. The van der Waals surface area contributed by atoms with E-state index in [4.69, 9.17) is 0 Å². The summed E-state index contributed by atoms with van der Waals surface area (Å²) in [6.45, 7) is 8.18. The lowest BCUT2D eigenvalue weighted by Gasteiger charge is -2.08. The van der Waals surface area contributed by atoms with Gasteiger partial charge in [-0.15, -0.1) is 0 Å². The summed E-state index contributed by atoms with van der Waals surface area (Å²) in [5.74, 6) is 0. The number of benzene rings is 2. The number of hydrogen-bond acceptors (Lipinski definition) is 0. The Balaban J connectivity index is 2.11. The molecule has 1 nitrogen and oxygen atoms in total. The Kier molecular flexibility index (Phi) is 3.88. The maximum Gasteiger partial charge on any atom is 0.218 e. The topological polar surface area (TPSA) is 3.88 Å². The molecule has 2 aromatic carbocycles. The Hall–Kier alpha value is -2.67. The Morgan fingerprint density at radius 1 is 0.864 bits per heavy atom. The van der Waals surface area contributed by atoms with Gasteiger partial charge in [0.2, 0.25) is 5.69 Å². The molecule has 0 atom stereocenters. The largest absolute Gasteiger partial charge is 0.218 e. The van der Waals surface area contributed by atoms with E-state index in [-0.39, 0.29) is 0 Å². The molecule has 3 aromatic rings. The Bertz CT molecular complexity index is 817. The van der Waals surface area contributed by atoms with E-state index in [9.17, 15) is 0 Å². The molecule has 0 amide bonds. The van der Waals surface area contributed by atoms with Crippen LogP contribution in [0.2, 0.25) is 0 Å². The number of aromatic nitrogens is 1. The molecule has 0 saturated heterocycles. The molecule has 3 rings (SSSR count). The predicted molar refractivity (Wildman–Crippen MR) is 93.4 cm³/mol. The summed E-state index contributed by atoms with van der Waals surface area (Å²) in [7, 11) is 0. The van der Waals surface area contributed by atoms with E-state index in [1.165, 1.54) is 33.5 Å². The van der Waals surface area contributed by atoms with Gasteiger partial charge in [-0.05, 0) is 48.7 Å². The van der Waals surface area contributed by atoms with E-state index in [0.717, 1.165) is 0 Å². The summed E-state index contributed by atoms with van der Waals surface area (Å²) in [4.78, 5) is 0. The number of nitrogens with zero attached hydrogens (tertiary/aromatic N) is 1. The minimum Gasteiger partial charge on any atom is -0.167 e. The quantitative estimate of drug-likeness (QED) is 0.595. The van der Waals surface area contributed by atoms with Gasteiger partial charge in [0, 0.05) is 17.7 Å². The van der Waals surface area contributed by atoms with Crippen molar-refractivity contribution >= 4 is 6.20 Å². The van der Waals surface area contributed by atoms with Crippen molar-refractivity contribution in [3.05, 3.63) is 84.6 Å². The van der Waals surface area contributed by atoms with Crippen molar-refractivity contribution in [1.82, 2.24) is 0 Å². The molecule has 0 unspecified atom stereocenters. The third kappa shape index (κ3) is 2.71. The van der Waals surface area contributed by atoms with Crippen LogP contribution in [0.5, 0.6) is 0 Å². The van der Waals surface area contributed by atoms with Gasteiger partial charge in [0.05, 0.1) is 0 Å². The second-order valence-corrected chi connectivity index (χ2v) is 5.57. The molecule has 108 valence electrons. The predicted octanol–water partition coefficient (Wildman–Crippen LogP) is 5.03. The zero-order chi connectivity index (χ0) is 15.5. The van der Waals surface area contributed by atoms with E-state index >= 15 is 0 Å². The van der Waals surface area contributed by atoms with Gasteiger partial charge in [0.1, 0.15) is 0 Å². The molecular weight excluding hydrogens is 266 g/mol. The zero-order valence-corrected chi connectivity index (χ0v) is 13.1. The lowest BCUT2D eigenvalue weighted by atomic mass is 9.97. The van der Waals surface area contributed by atoms with Crippen molar-refractivity contribution < 1.29 is 4.57 Å². The maximum absolute atomic E-state index is 3.90. The number of aryl methyl sites for hydroxylation is 2. The van der Waals surface area contributed by atoms with Crippen molar-refractivity contribution in [2.75, 3.05) is 0 Å². The number of hydrogen-bond donors (Lipinski definition) is 0. The molecule has 0 aliphatic rings. The van der Waals surface area contributed by atoms with Crippen LogP contribution < -0.4 is 4.57 Å². The maximum atomic E-state index is 3.90. The van der Waals surface area contributed by atoms with Gasteiger partial charge >= 0.3 is 0 Å². The molecule has 0 fully saturated rings. The van der Waals surface area contributed by atoms with E-state index in [1.807, 2.05) is 12.3 Å². The first-order valence-electron chi connectivity index (χ1n) is 7.50. The summed E-state index contributed by atoms with van der Waals surface area (Å²) in [6.07, 6.45) is 3.90. The molecule has 0 aliphatic heterocycles. The van der Waals surface area contributed by atoms with Gasteiger partial charge in [0.15, 0.2) is 12.4 Å². The monoisotopic (exact) mass is 286 g/mol. The highest BCUT2D eigenvalue weighted by molar-refractivity contribution is 5.71. The lowest BCUT2D eigenvalue weighted by molar-refractivity contribution is -0.555. The molecule has 0 aliphatic carbocycles. The van der Waals surface area contributed by atoms with Gasteiger partial charge in [-0.25, -0.2) is 0 Å². The molecule has 22 heavy (non-hydrogen) atoms. The van der Waals surface area contributed by atoms with Crippen LogP contribution >= 0.6 is 0 Å². The zero-order valence-electron chi connectivity index (χ0n) is 13.1. The molecule has 0 radical (unpaired) electrons. The summed E-state index contributed by atoms with van der Waals surface area (Å²) in [5, 5.41) is 0. The first kappa shape index (κ1) is 14.3. The van der Waals surface area contributed by atoms with E-state index < -0.39 is 0 Å². The van der Waals surface area contributed by atoms with Crippen LogP contribution in [0.1, 0.15) is 11.1 Å². The van der Waals surface area contributed by atoms with Crippen LogP contribution in [-0.4, -0.2) is 0 Å². The average molecular weight is 286 g/mol. The van der Waals surface area contributed by atoms with E-state index in [0.29, 0.717) is 0 Å². The van der Waals surface area contributed by atoms with Crippen LogP contribution in [0.3, 0.4) is 0 Å². The van der Waals surface area contributed by atoms with Crippen LogP contribution in [0.25, 0.3) is 28.6 Å². The fraction of sp³-hybridized carbons (Fsp3) is 0.0952. The van der Waals surface area contributed by atoms with E-state index in [2.05, 4.69) is 85.8 Å². The second-order valence-electron chi connectivity index (χ2n) is 5.57. The normalized spacial score (nSPS) is 10.5. The highest BCUT2D eigenvalue weighted by Crippen LogP contribution is 2.27. The minimum absolute atomic E-state index is 1.17. The van der Waals surface area contributed by atoms with Crippen LogP contribution in [0.15, 0.2) is 73.4 Å². The third-order valence-corrected chi connectivity index (χ3v) is 3.95. The van der Waals surface area contributed by atoms with E-state index in [1.54, 1.807) is 0 Å². The molecule has 1 aromatic heterocycles. The molecule has 1 heteroatoms. The minimum atomic E-state index is 1.17. The van der Waals surface area contributed by atoms with Crippen molar-refractivity contribution in [3.63, 3.8) is 0 Å². The fourth-order valence-electron chi connectivity index (χ4n) is 2.75. The Morgan fingerprint density at radius 2 is 1.64 bits per heavy atom. The highest BCUT2D eigenvalue weighted by atomic mass is 14.9. The van der Waals surface area contributed by atoms with Crippen molar-refractivity contribution in [2.45, 2.75) is 13.8 Å². The van der Waals surface area contributed by atoms with Gasteiger partial charge < -0.3 is 0 Å². The molecule has 1 heterocycles. The molecule has 0 saturated carbocycles. The summed E-state index contributed by atoms with van der Waals surface area (Å²) < 4.78 is 2.07. The fourth-order valence-corrected chi connectivity index (χ4v) is 2.75. The SMILES string of the molecule is C=C[n+]1ccc(C)cc1-c1ccc(-c2ccccc2)cc1C. The first-order valence-corrected chi connectivity index (χ1v) is 7.50. The molecule has 0 spiro atoms. The Morgan fingerprint density at radius 3 is 2.32 bits per heavy atom. The third-order valence-electron chi connectivity index (χ3n) is 3.95. The molecular formula is C21H20N+. The summed E-state index contributed by atoms with van der Waals surface area (Å²) >= 11 is 0. The number of pyridine rings is 1. The molecule has 0 N–H and O–H groups in total. The van der Waals surface area contributed by atoms with Gasteiger partial charge in [-0.3, -0.25) is 0 Å². The van der Waals surface area contributed by atoms with Crippen LogP contribution in [-0.2, 0) is 0 Å². The van der Waals surface area contributed by atoms with Crippen LogP contribution in [0, 0.1) is 13.8 Å². The number of rotatable bonds is 3. The molecule has 0 bridgehead atoms. The first-order chi connectivity index (χ1) is 10.7. The van der Waals surface area contributed by atoms with Crippen molar-refractivity contribution in [1.29, 1.82) is 0 Å². The standard InChI is InChI=1S/C21H20N/c1-4-22-13-12-16(2)14-21(22)20-11-10-19(15-17(20)3)18-8-6-5-7-9-18/h4-15H,1H2,2-3H3/q+1. The van der Waals surface area contributed by atoms with Crippen molar-refractivity contribution in [2.24, 2.45) is 0 Å². The summed E-state index contributed by atoms with van der Waals surface area (Å²) in [5.41, 5.74) is 7.43. The average Bonchev–Trinajstić information content (AvgIpc) is 2.55. The van der Waals surface area contributed by atoms with Crippen LogP contribution in [0.4, 0.5) is 0 Å². The highest BCUT2D eigenvalue weighted by Gasteiger charge is 2.14. The Labute approximate surface area is 132 Å². The smallest absolute Gasteiger partial charge is 0.167 e. The van der Waals surface area contributed by atoms with Gasteiger partial charge in [-0.1, -0.05) is 42.5 Å². The second kappa shape index (κ2) is 5.98.